The molecule has 0 aliphatic heterocycles. The van der Waals surface area contributed by atoms with Crippen molar-refractivity contribution in [1.29, 1.82) is 0 Å². The number of benzene rings is 2. The van der Waals surface area contributed by atoms with Crippen molar-refractivity contribution in [3.63, 3.8) is 0 Å². The van der Waals surface area contributed by atoms with Gasteiger partial charge < -0.3 is 19.9 Å². The van der Waals surface area contributed by atoms with Crippen molar-refractivity contribution in [1.82, 2.24) is 20.2 Å². The summed E-state index contributed by atoms with van der Waals surface area (Å²) in [5, 5.41) is 6.13. The predicted molar refractivity (Wildman–Crippen MR) is 108 cm³/mol. The predicted octanol–water partition coefficient (Wildman–Crippen LogP) is 3.79. The van der Waals surface area contributed by atoms with Crippen LogP contribution < -0.4 is 15.4 Å². The minimum atomic E-state index is -2.90. The second kappa shape index (κ2) is 9.82. The maximum absolute atomic E-state index is 14.4. The molecule has 0 spiro atoms. The van der Waals surface area contributed by atoms with Gasteiger partial charge in [0.15, 0.2) is 5.96 Å². The largest absolute Gasteiger partial charge is 0.434 e. The number of aryl methyl sites for hydroxylation is 1. The number of aromatic nitrogens is 2. The zero-order valence-corrected chi connectivity index (χ0v) is 16.6. The van der Waals surface area contributed by atoms with E-state index in [0.717, 1.165) is 11.1 Å². The highest BCUT2D eigenvalue weighted by atomic mass is 19.3. The van der Waals surface area contributed by atoms with Gasteiger partial charge in [-0.3, -0.25) is 4.99 Å². The van der Waals surface area contributed by atoms with Crippen LogP contribution in [0.4, 0.5) is 13.2 Å². The zero-order chi connectivity index (χ0) is 21.5. The molecule has 3 rings (SSSR count). The number of nitrogens with zero attached hydrogens (tertiary/aromatic N) is 3. The Bertz CT molecular complexity index is 1010. The van der Waals surface area contributed by atoms with Crippen molar-refractivity contribution >= 4 is 5.96 Å². The molecule has 2 aromatic carbocycles. The fourth-order valence-electron chi connectivity index (χ4n) is 2.91. The molecule has 1 heterocycles. The van der Waals surface area contributed by atoms with Gasteiger partial charge in [-0.2, -0.15) is 8.78 Å². The number of nitrogens with one attached hydrogen (secondary N) is 2. The first-order valence-corrected chi connectivity index (χ1v) is 9.22. The van der Waals surface area contributed by atoms with Crippen molar-refractivity contribution in [3.05, 3.63) is 77.6 Å². The van der Waals surface area contributed by atoms with Gasteiger partial charge in [0.1, 0.15) is 11.6 Å². The fraction of sp³-hybridized carbons (Fsp3) is 0.238. The molecule has 0 fully saturated rings. The first-order valence-electron chi connectivity index (χ1n) is 9.22. The first-order chi connectivity index (χ1) is 14.5. The molecule has 2 N–H and O–H groups in total. The van der Waals surface area contributed by atoms with Gasteiger partial charge in [-0.15, -0.1) is 0 Å². The normalized spacial score (nSPS) is 11.6. The highest BCUT2D eigenvalue weighted by molar-refractivity contribution is 5.79. The second-order valence-corrected chi connectivity index (χ2v) is 6.52. The SMILES string of the molecule is CN=C(NCc1ccc(-n2ccnc2)c(F)c1)NCc1cc(C)ccc1OC(F)F. The molecule has 158 valence electrons. The van der Waals surface area contributed by atoms with E-state index in [1.807, 2.05) is 6.92 Å². The molecule has 0 bridgehead atoms. The van der Waals surface area contributed by atoms with Crippen molar-refractivity contribution < 1.29 is 17.9 Å². The summed E-state index contributed by atoms with van der Waals surface area (Å²) in [5.41, 5.74) is 2.63. The molecule has 0 unspecified atom stereocenters. The summed E-state index contributed by atoms with van der Waals surface area (Å²) in [6.07, 6.45) is 4.77. The summed E-state index contributed by atoms with van der Waals surface area (Å²) in [6, 6.07) is 9.89. The van der Waals surface area contributed by atoms with Crippen molar-refractivity contribution in [2.24, 2.45) is 4.99 Å². The van der Waals surface area contributed by atoms with E-state index in [0.29, 0.717) is 23.8 Å². The van der Waals surface area contributed by atoms with Gasteiger partial charge >= 0.3 is 6.61 Å². The van der Waals surface area contributed by atoms with E-state index >= 15 is 0 Å². The third-order valence-corrected chi connectivity index (χ3v) is 4.36. The van der Waals surface area contributed by atoms with Crippen LogP contribution in [0.2, 0.25) is 0 Å². The molecule has 0 amide bonds. The zero-order valence-electron chi connectivity index (χ0n) is 16.6. The standard InChI is InChI=1S/C21H22F3N5O/c1-14-3-6-19(30-20(23)24)16(9-14)12-28-21(25-2)27-11-15-4-5-18(17(22)10-15)29-8-7-26-13-29/h3-10,13,20H,11-12H2,1-2H3,(H2,25,27,28). The number of hydrogen-bond acceptors (Lipinski definition) is 3. The highest BCUT2D eigenvalue weighted by Crippen LogP contribution is 2.22. The van der Waals surface area contributed by atoms with Crippen LogP contribution >= 0.6 is 0 Å². The molecular weight excluding hydrogens is 395 g/mol. The third kappa shape index (κ3) is 5.53. The lowest BCUT2D eigenvalue weighted by atomic mass is 10.1. The molecule has 0 radical (unpaired) electrons. The summed E-state index contributed by atoms with van der Waals surface area (Å²) in [7, 11) is 1.59. The molecule has 0 saturated carbocycles. The Hall–Kier alpha value is -3.49. The van der Waals surface area contributed by atoms with Crippen LogP contribution in [-0.4, -0.2) is 29.2 Å². The van der Waals surface area contributed by atoms with Crippen LogP contribution in [0.1, 0.15) is 16.7 Å². The summed E-state index contributed by atoms with van der Waals surface area (Å²) in [5.74, 6) is 0.179. The molecule has 3 aromatic rings. The van der Waals surface area contributed by atoms with Crippen LogP contribution in [-0.2, 0) is 13.1 Å². The average molecular weight is 417 g/mol. The van der Waals surface area contributed by atoms with E-state index in [1.54, 1.807) is 48.3 Å². The van der Waals surface area contributed by atoms with Crippen LogP contribution in [0.3, 0.4) is 0 Å². The lowest BCUT2D eigenvalue weighted by molar-refractivity contribution is -0.0504. The minimum absolute atomic E-state index is 0.107. The molecular formula is C21H22F3N5O. The third-order valence-electron chi connectivity index (χ3n) is 4.36. The number of guanidine groups is 1. The molecule has 9 heteroatoms. The summed E-state index contributed by atoms with van der Waals surface area (Å²) >= 11 is 0. The Kier molecular flexibility index (Phi) is 6.95. The van der Waals surface area contributed by atoms with E-state index < -0.39 is 6.61 Å². The summed E-state index contributed by atoms with van der Waals surface area (Å²) < 4.78 is 45.8. The molecule has 0 saturated heterocycles. The van der Waals surface area contributed by atoms with Gasteiger partial charge in [0.2, 0.25) is 0 Å². The molecule has 0 aliphatic rings. The van der Waals surface area contributed by atoms with Gasteiger partial charge in [-0.1, -0.05) is 23.8 Å². The molecule has 1 aromatic heterocycles. The van der Waals surface area contributed by atoms with Crippen LogP contribution in [0.15, 0.2) is 60.1 Å². The average Bonchev–Trinajstić information content (AvgIpc) is 3.24. The van der Waals surface area contributed by atoms with E-state index in [9.17, 15) is 13.2 Å². The number of alkyl halides is 2. The lowest BCUT2D eigenvalue weighted by Crippen LogP contribution is -2.36. The van der Waals surface area contributed by atoms with Crippen LogP contribution in [0.25, 0.3) is 5.69 Å². The van der Waals surface area contributed by atoms with Crippen LogP contribution in [0.5, 0.6) is 5.75 Å². The van der Waals surface area contributed by atoms with E-state index in [1.165, 1.54) is 18.5 Å². The number of halogens is 3. The Balaban J connectivity index is 1.61. The Labute approximate surface area is 172 Å². The molecule has 0 atom stereocenters. The van der Waals surface area contributed by atoms with E-state index in [4.69, 9.17) is 0 Å². The van der Waals surface area contributed by atoms with Gasteiger partial charge in [-0.25, -0.2) is 9.37 Å². The maximum atomic E-state index is 14.4. The lowest BCUT2D eigenvalue weighted by Gasteiger charge is -2.15. The smallest absolute Gasteiger partial charge is 0.387 e. The summed E-state index contributed by atoms with van der Waals surface area (Å²) in [4.78, 5) is 8.03. The van der Waals surface area contributed by atoms with Gasteiger partial charge in [0, 0.05) is 38.1 Å². The number of imidazole rings is 1. The highest BCUT2D eigenvalue weighted by Gasteiger charge is 2.11. The summed E-state index contributed by atoms with van der Waals surface area (Å²) in [6.45, 7) is -0.471. The number of rotatable bonds is 7. The Morgan fingerprint density at radius 3 is 2.63 bits per heavy atom. The molecule has 6 nitrogen and oxygen atoms in total. The minimum Gasteiger partial charge on any atom is -0.434 e. The maximum Gasteiger partial charge on any atom is 0.387 e. The molecule has 0 aliphatic carbocycles. The van der Waals surface area contributed by atoms with Crippen molar-refractivity contribution in [3.8, 4) is 11.4 Å². The monoisotopic (exact) mass is 417 g/mol. The Morgan fingerprint density at radius 1 is 1.17 bits per heavy atom. The fourth-order valence-corrected chi connectivity index (χ4v) is 2.91. The Morgan fingerprint density at radius 2 is 1.97 bits per heavy atom. The van der Waals surface area contributed by atoms with Crippen molar-refractivity contribution in [2.75, 3.05) is 7.05 Å². The van der Waals surface area contributed by atoms with Gasteiger partial charge in [0.05, 0.1) is 12.0 Å². The quantitative estimate of drug-likeness (QED) is 0.454. The van der Waals surface area contributed by atoms with Gasteiger partial charge in [-0.05, 0) is 30.7 Å². The van der Waals surface area contributed by atoms with Crippen LogP contribution in [0, 0.1) is 12.7 Å². The van der Waals surface area contributed by atoms with E-state index in [-0.39, 0.29) is 18.1 Å². The molecule has 30 heavy (non-hydrogen) atoms. The number of aliphatic imine (C=N–C) groups is 1. The number of ether oxygens (including phenoxy) is 1. The van der Waals surface area contributed by atoms with Gasteiger partial charge in [0.25, 0.3) is 0 Å². The second-order valence-electron chi connectivity index (χ2n) is 6.52. The van der Waals surface area contributed by atoms with Crippen molar-refractivity contribution in [2.45, 2.75) is 26.6 Å². The number of hydrogen-bond donors (Lipinski definition) is 2. The van der Waals surface area contributed by atoms with E-state index in [2.05, 4.69) is 25.3 Å². The first kappa shape index (κ1) is 21.2. The topological polar surface area (TPSA) is 63.5 Å².